The van der Waals surface area contributed by atoms with Gasteiger partial charge in [-0.25, -0.2) is 9.78 Å². The maximum absolute atomic E-state index is 11.8. The van der Waals surface area contributed by atoms with Crippen molar-refractivity contribution >= 4 is 35.0 Å². The van der Waals surface area contributed by atoms with Gasteiger partial charge in [0.1, 0.15) is 0 Å². The van der Waals surface area contributed by atoms with E-state index in [9.17, 15) is 9.59 Å². The summed E-state index contributed by atoms with van der Waals surface area (Å²) in [6.45, 7) is 1.74. The minimum Gasteiger partial charge on any atom is -0.341 e. The summed E-state index contributed by atoms with van der Waals surface area (Å²) >= 11 is 2.82. The van der Waals surface area contributed by atoms with E-state index >= 15 is 0 Å². The van der Waals surface area contributed by atoms with E-state index in [1.807, 2.05) is 35.7 Å². The molecule has 2 rings (SSSR count). The van der Waals surface area contributed by atoms with Crippen LogP contribution in [0.3, 0.4) is 0 Å². The van der Waals surface area contributed by atoms with Crippen LogP contribution in [0.25, 0.3) is 11.3 Å². The Morgan fingerprint density at radius 1 is 1.29 bits per heavy atom. The Kier molecular flexibility index (Phi) is 5.35. The molecule has 0 unspecified atom stereocenters. The lowest BCUT2D eigenvalue weighted by atomic mass is 10.2. The van der Waals surface area contributed by atoms with Gasteiger partial charge in [0.05, 0.1) is 10.9 Å². The van der Waals surface area contributed by atoms with Crippen molar-refractivity contribution in [3.05, 3.63) is 35.7 Å². The summed E-state index contributed by atoms with van der Waals surface area (Å²) in [5.41, 5.74) is 1.94. The largest absolute Gasteiger partial charge is 0.341 e. The summed E-state index contributed by atoms with van der Waals surface area (Å²) in [4.78, 5) is 27.4. The van der Waals surface area contributed by atoms with Gasteiger partial charge in [-0.3, -0.25) is 10.1 Å². The first-order valence-corrected chi connectivity index (χ1v) is 8.06. The van der Waals surface area contributed by atoms with E-state index in [2.05, 4.69) is 15.6 Å². The summed E-state index contributed by atoms with van der Waals surface area (Å²) in [7, 11) is 1.47. The van der Waals surface area contributed by atoms with E-state index in [0.29, 0.717) is 0 Å². The van der Waals surface area contributed by atoms with E-state index in [1.165, 1.54) is 30.1 Å². The lowest BCUT2D eigenvalue weighted by Crippen LogP contribution is -2.41. The molecule has 0 saturated carbocycles. The Hall–Kier alpha value is -1.86. The fourth-order valence-corrected chi connectivity index (χ4v) is 3.51. The fourth-order valence-electron chi connectivity index (χ4n) is 1.53. The van der Waals surface area contributed by atoms with Crippen LogP contribution in [0.4, 0.5) is 4.79 Å². The first kappa shape index (κ1) is 15.5. The number of thiazole rings is 1. The number of hydrogen-bond donors (Lipinski definition) is 2. The quantitative estimate of drug-likeness (QED) is 0.850. The van der Waals surface area contributed by atoms with E-state index in [1.54, 1.807) is 6.92 Å². The molecule has 0 aliphatic carbocycles. The topological polar surface area (TPSA) is 71.1 Å². The average molecular weight is 321 g/mol. The molecule has 0 saturated heterocycles. The van der Waals surface area contributed by atoms with Gasteiger partial charge >= 0.3 is 6.03 Å². The number of rotatable bonds is 4. The maximum Gasteiger partial charge on any atom is 0.321 e. The number of carbonyl (C=O) groups excluding carboxylic acids is 2. The van der Waals surface area contributed by atoms with Crippen molar-refractivity contribution in [2.75, 3.05) is 7.05 Å². The molecule has 2 N–H and O–H groups in total. The lowest BCUT2D eigenvalue weighted by molar-refractivity contribution is -0.119. The number of amides is 3. The number of nitrogens with one attached hydrogen (secondary N) is 2. The highest BCUT2D eigenvalue weighted by Crippen LogP contribution is 2.30. The zero-order valence-corrected chi connectivity index (χ0v) is 13.3. The van der Waals surface area contributed by atoms with Crippen LogP contribution in [0.15, 0.2) is 40.1 Å². The lowest BCUT2D eigenvalue weighted by Gasteiger charge is -2.08. The highest BCUT2D eigenvalue weighted by atomic mass is 32.2. The molecule has 110 valence electrons. The molecule has 0 fully saturated rings. The van der Waals surface area contributed by atoms with E-state index in [0.717, 1.165) is 15.6 Å². The number of urea groups is 1. The zero-order chi connectivity index (χ0) is 15.2. The van der Waals surface area contributed by atoms with Crippen molar-refractivity contribution in [2.45, 2.75) is 16.5 Å². The van der Waals surface area contributed by atoms with Gasteiger partial charge in [0.2, 0.25) is 5.91 Å². The third-order valence-corrected chi connectivity index (χ3v) is 4.74. The van der Waals surface area contributed by atoms with E-state index < -0.39 is 11.3 Å². The predicted molar refractivity (Wildman–Crippen MR) is 85.5 cm³/mol. The SMILES string of the molecule is CNC(=O)NC(=O)[C@@H](C)Sc1nc(-c2ccccc2)cs1. The van der Waals surface area contributed by atoms with Crippen LogP contribution in [-0.4, -0.2) is 29.2 Å². The molecule has 7 heteroatoms. The van der Waals surface area contributed by atoms with Crippen LogP contribution < -0.4 is 10.6 Å². The molecular weight excluding hydrogens is 306 g/mol. The van der Waals surface area contributed by atoms with Gasteiger partial charge in [-0.1, -0.05) is 42.1 Å². The monoisotopic (exact) mass is 321 g/mol. The van der Waals surface area contributed by atoms with Crippen LogP contribution in [0.5, 0.6) is 0 Å². The Balaban J connectivity index is 1.99. The third-order valence-electron chi connectivity index (χ3n) is 2.66. The zero-order valence-electron chi connectivity index (χ0n) is 11.6. The number of benzene rings is 1. The van der Waals surface area contributed by atoms with E-state index in [-0.39, 0.29) is 5.91 Å². The second-order valence-corrected chi connectivity index (χ2v) is 6.64. The molecule has 2 aromatic rings. The number of carbonyl (C=O) groups is 2. The molecule has 0 aliphatic heterocycles. The van der Waals surface area contributed by atoms with Crippen molar-refractivity contribution in [3.8, 4) is 11.3 Å². The number of imide groups is 1. The van der Waals surface area contributed by atoms with Gasteiger partial charge in [-0.2, -0.15) is 0 Å². The van der Waals surface area contributed by atoms with Crippen LogP contribution in [0, 0.1) is 0 Å². The Labute approximate surface area is 131 Å². The fraction of sp³-hybridized carbons (Fsp3) is 0.214. The molecule has 1 aromatic heterocycles. The summed E-state index contributed by atoms with van der Waals surface area (Å²) in [5, 5.41) is 6.17. The molecule has 0 bridgehead atoms. The van der Waals surface area contributed by atoms with Crippen LogP contribution in [0.1, 0.15) is 6.92 Å². The van der Waals surface area contributed by atoms with Gasteiger partial charge < -0.3 is 5.32 Å². The predicted octanol–water partition coefficient (Wildman–Crippen LogP) is 2.75. The number of thioether (sulfide) groups is 1. The minimum absolute atomic E-state index is 0.337. The second kappa shape index (κ2) is 7.24. The molecule has 0 radical (unpaired) electrons. The van der Waals surface area contributed by atoms with Gasteiger partial charge in [0.15, 0.2) is 4.34 Å². The first-order valence-electron chi connectivity index (χ1n) is 6.30. The Morgan fingerprint density at radius 3 is 2.67 bits per heavy atom. The average Bonchev–Trinajstić information content (AvgIpc) is 2.96. The van der Waals surface area contributed by atoms with Crippen molar-refractivity contribution in [3.63, 3.8) is 0 Å². The molecule has 21 heavy (non-hydrogen) atoms. The standard InChI is InChI=1S/C14H15N3O2S2/c1-9(12(18)17-13(19)15-2)21-14-16-11(8-20-14)10-6-4-3-5-7-10/h3-9H,1-2H3,(H2,15,17,18,19)/t9-/m1/s1. The Morgan fingerprint density at radius 2 is 2.00 bits per heavy atom. The summed E-state index contributed by atoms with van der Waals surface area (Å²) < 4.78 is 0.799. The molecule has 5 nitrogen and oxygen atoms in total. The minimum atomic E-state index is -0.503. The number of nitrogens with zero attached hydrogens (tertiary/aromatic N) is 1. The van der Waals surface area contributed by atoms with Crippen LogP contribution in [-0.2, 0) is 4.79 Å². The molecule has 1 atom stereocenters. The van der Waals surface area contributed by atoms with Crippen molar-refractivity contribution < 1.29 is 9.59 Å². The molecule has 0 spiro atoms. The highest BCUT2D eigenvalue weighted by molar-refractivity contribution is 8.02. The molecule has 1 heterocycles. The van der Waals surface area contributed by atoms with Gasteiger partial charge in [0.25, 0.3) is 0 Å². The van der Waals surface area contributed by atoms with Crippen molar-refractivity contribution in [2.24, 2.45) is 0 Å². The van der Waals surface area contributed by atoms with Gasteiger partial charge in [-0.05, 0) is 6.92 Å². The van der Waals surface area contributed by atoms with Crippen LogP contribution in [0.2, 0.25) is 0 Å². The normalized spacial score (nSPS) is 11.7. The smallest absolute Gasteiger partial charge is 0.321 e. The van der Waals surface area contributed by atoms with Crippen molar-refractivity contribution in [1.82, 2.24) is 15.6 Å². The van der Waals surface area contributed by atoms with Gasteiger partial charge in [-0.15, -0.1) is 11.3 Å². The number of aromatic nitrogens is 1. The van der Waals surface area contributed by atoms with Crippen molar-refractivity contribution in [1.29, 1.82) is 0 Å². The number of hydrogen-bond acceptors (Lipinski definition) is 5. The summed E-state index contributed by atoms with van der Waals surface area (Å²) in [6.07, 6.45) is 0. The van der Waals surface area contributed by atoms with Gasteiger partial charge in [0, 0.05) is 18.0 Å². The molecule has 3 amide bonds. The maximum atomic E-state index is 11.8. The van der Waals surface area contributed by atoms with E-state index in [4.69, 9.17) is 0 Å². The summed E-state index contributed by atoms with van der Waals surface area (Å²) in [5.74, 6) is -0.337. The molecule has 1 aromatic carbocycles. The third kappa shape index (κ3) is 4.30. The second-order valence-electron chi connectivity index (χ2n) is 4.19. The summed E-state index contributed by atoms with van der Waals surface area (Å²) in [6, 6.07) is 9.35. The van der Waals surface area contributed by atoms with Crippen LogP contribution >= 0.6 is 23.1 Å². The molecule has 0 aliphatic rings. The Bertz CT molecular complexity index is 628. The highest BCUT2D eigenvalue weighted by Gasteiger charge is 2.18. The molecular formula is C14H15N3O2S2. The first-order chi connectivity index (χ1) is 10.1.